The molecule has 1 aliphatic rings. The van der Waals surface area contributed by atoms with Crippen LogP contribution in [0.5, 0.6) is 0 Å². The molecule has 122 valence electrons. The fourth-order valence-electron chi connectivity index (χ4n) is 3.22. The Morgan fingerprint density at radius 1 is 1.45 bits per heavy atom. The van der Waals surface area contributed by atoms with Gasteiger partial charge in [0, 0.05) is 25.2 Å². The molecule has 1 aromatic rings. The van der Waals surface area contributed by atoms with Crippen LogP contribution < -0.4 is 0 Å². The molecule has 0 unspecified atom stereocenters. The molecule has 1 saturated heterocycles. The summed E-state index contributed by atoms with van der Waals surface area (Å²) < 4.78 is 27.0. The Bertz CT molecular complexity index is 552. The molecule has 22 heavy (non-hydrogen) atoms. The summed E-state index contributed by atoms with van der Waals surface area (Å²) >= 11 is 0. The fraction of sp³-hybridized carbons (Fsp3) is 0.562. The molecule has 2 atom stereocenters. The van der Waals surface area contributed by atoms with Gasteiger partial charge in [-0.05, 0) is 18.9 Å². The summed E-state index contributed by atoms with van der Waals surface area (Å²) in [5, 5.41) is 19.7. The van der Waals surface area contributed by atoms with E-state index in [1.165, 1.54) is 12.1 Å². The van der Waals surface area contributed by atoms with Gasteiger partial charge in [-0.2, -0.15) is 0 Å². The van der Waals surface area contributed by atoms with Crippen molar-refractivity contribution in [1.82, 2.24) is 4.90 Å². The van der Waals surface area contributed by atoms with Gasteiger partial charge >= 0.3 is 5.97 Å². The molecule has 0 bridgehead atoms. The van der Waals surface area contributed by atoms with Gasteiger partial charge in [0.05, 0.1) is 6.10 Å². The van der Waals surface area contributed by atoms with Crippen LogP contribution in [0.1, 0.15) is 31.7 Å². The lowest BCUT2D eigenvalue weighted by Gasteiger charge is -2.43. The Morgan fingerprint density at radius 2 is 2.18 bits per heavy atom. The third kappa shape index (κ3) is 3.13. The van der Waals surface area contributed by atoms with E-state index in [2.05, 4.69) is 0 Å². The Labute approximate surface area is 128 Å². The summed E-state index contributed by atoms with van der Waals surface area (Å²) in [7, 11) is 0. The van der Waals surface area contributed by atoms with E-state index < -0.39 is 29.1 Å². The van der Waals surface area contributed by atoms with Gasteiger partial charge in [0.2, 0.25) is 0 Å². The number of nitrogens with zero attached hydrogens (tertiary/aromatic N) is 1. The molecule has 0 amide bonds. The molecular formula is C16H21F2NO3. The summed E-state index contributed by atoms with van der Waals surface area (Å²) in [6.45, 7) is 2.58. The molecule has 0 aliphatic carbocycles. The molecule has 2 N–H and O–H groups in total. The van der Waals surface area contributed by atoms with E-state index in [-0.39, 0.29) is 18.7 Å². The molecule has 0 spiro atoms. The minimum Gasteiger partial charge on any atom is -0.481 e. The van der Waals surface area contributed by atoms with Gasteiger partial charge in [-0.1, -0.05) is 25.5 Å². The molecule has 1 fully saturated rings. The van der Waals surface area contributed by atoms with Crippen LogP contribution in [-0.4, -0.2) is 40.3 Å². The van der Waals surface area contributed by atoms with Crippen LogP contribution in [0.15, 0.2) is 18.2 Å². The second-order valence-electron chi connectivity index (χ2n) is 5.94. The zero-order valence-electron chi connectivity index (χ0n) is 12.6. The maximum atomic E-state index is 13.8. The number of benzene rings is 1. The van der Waals surface area contributed by atoms with Crippen molar-refractivity contribution in [3.05, 3.63) is 35.4 Å². The number of aliphatic hydroxyl groups is 1. The van der Waals surface area contributed by atoms with Crippen molar-refractivity contribution < 1.29 is 23.8 Å². The van der Waals surface area contributed by atoms with Gasteiger partial charge < -0.3 is 10.2 Å². The van der Waals surface area contributed by atoms with E-state index >= 15 is 0 Å². The van der Waals surface area contributed by atoms with E-state index in [9.17, 15) is 23.8 Å². The van der Waals surface area contributed by atoms with Crippen molar-refractivity contribution in [3.63, 3.8) is 0 Å². The Balaban J connectivity index is 2.19. The normalized spacial score (nSPS) is 26.1. The molecule has 0 aromatic heterocycles. The molecule has 1 aliphatic heterocycles. The SMILES string of the molecule is CCC[C@@]1(C(=O)O)CN(Cc2cccc(F)c2F)CC[C@H]1O. The van der Waals surface area contributed by atoms with Crippen molar-refractivity contribution in [2.75, 3.05) is 13.1 Å². The number of hydrogen-bond acceptors (Lipinski definition) is 3. The van der Waals surface area contributed by atoms with E-state index in [0.29, 0.717) is 25.8 Å². The molecule has 0 radical (unpaired) electrons. The number of halogens is 2. The summed E-state index contributed by atoms with van der Waals surface area (Å²) in [5.74, 6) is -2.84. The van der Waals surface area contributed by atoms with Crippen LogP contribution in [0.4, 0.5) is 8.78 Å². The highest BCUT2D eigenvalue weighted by molar-refractivity contribution is 5.76. The molecule has 1 heterocycles. The summed E-state index contributed by atoms with van der Waals surface area (Å²) in [5.41, 5.74) is -1.04. The third-order valence-corrected chi connectivity index (χ3v) is 4.41. The van der Waals surface area contributed by atoms with Crippen LogP contribution in [0, 0.1) is 17.0 Å². The molecule has 4 nitrogen and oxygen atoms in total. The topological polar surface area (TPSA) is 60.8 Å². The fourth-order valence-corrected chi connectivity index (χ4v) is 3.22. The van der Waals surface area contributed by atoms with E-state index in [4.69, 9.17) is 0 Å². The number of piperidine rings is 1. The van der Waals surface area contributed by atoms with Gasteiger partial charge in [0.1, 0.15) is 5.41 Å². The molecule has 0 saturated carbocycles. The first-order valence-corrected chi connectivity index (χ1v) is 7.47. The lowest BCUT2D eigenvalue weighted by atomic mass is 9.74. The number of hydrogen-bond donors (Lipinski definition) is 2. The average molecular weight is 313 g/mol. The number of carboxylic acid groups (broad SMARTS) is 1. The Kier molecular flexibility index (Phi) is 5.13. The monoisotopic (exact) mass is 313 g/mol. The predicted octanol–water partition coefficient (Wildman–Crippen LogP) is 2.40. The van der Waals surface area contributed by atoms with Crippen LogP contribution >= 0.6 is 0 Å². The van der Waals surface area contributed by atoms with E-state index in [1.807, 2.05) is 6.92 Å². The van der Waals surface area contributed by atoms with Gasteiger partial charge in [0.25, 0.3) is 0 Å². The van der Waals surface area contributed by atoms with Crippen LogP contribution in [0.2, 0.25) is 0 Å². The van der Waals surface area contributed by atoms with Gasteiger partial charge in [-0.25, -0.2) is 8.78 Å². The second kappa shape index (κ2) is 6.71. The first-order valence-electron chi connectivity index (χ1n) is 7.47. The lowest BCUT2D eigenvalue weighted by molar-refractivity contribution is -0.164. The maximum absolute atomic E-state index is 13.8. The zero-order chi connectivity index (χ0) is 16.3. The number of aliphatic hydroxyl groups excluding tert-OH is 1. The number of carboxylic acids is 1. The summed E-state index contributed by atoms with van der Waals surface area (Å²) in [6, 6.07) is 3.98. The van der Waals surface area contributed by atoms with E-state index in [1.54, 1.807) is 4.90 Å². The maximum Gasteiger partial charge on any atom is 0.313 e. The smallest absolute Gasteiger partial charge is 0.313 e. The van der Waals surface area contributed by atoms with Gasteiger partial charge in [0.15, 0.2) is 11.6 Å². The highest BCUT2D eigenvalue weighted by Crippen LogP contribution is 2.36. The summed E-state index contributed by atoms with van der Waals surface area (Å²) in [6.07, 6.45) is 0.374. The van der Waals surface area contributed by atoms with Gasteiger partial charge in [-0.15, -0.1) is 0 Å². The first kappa shape index (κ1) is 16.8. The second-order valence-corrected chi connectivity index (χ2v) is 5.94. The number of aliphatic carboxylic acids is 1. The van der Waals surface area contributed by atoms with Crippen LogP contribution in [-0.2, 0) is 11.3 Å². The standard InChI is InChI=1S/C16H21F2NO3/c1-2-7-16(15(21)22)10-19(8-6-13(16)20)9-11-4-3-5-12(17)14(11)18/h3-5,13,20H,2,6-10H2,1H3,(H,21,22)/t13-,16-/m1/s1. The summed E-state index contributed by atoms with van der Waals surface area (Å²) in [4.78, 5) is 13.4. The molecule has 2 rings (SSSR count). The van der Waals surface area contributed by atoms with Crippen molar-refractivity contribution in [1.29, 1.82) is 0 Å². The first-order chi connectivity index (χ1) is 10.4. The van der Waals surface area contributed by atoms with Crippen LogP contribution in [0.25, 0.3) is 0 Å². The minimum atomic E-state index is -1.24. The van der Waals surface area contributed by atoms with Crippen molar-refractivity contribution in [2.45, 2.75) is 38.8 Å². The highest BCUT2D eigenvalue weighted by atomic mass is 19.2. The molecule has 6 heteroatoms. The van der Waals surface area contributed by atoms with Crippen LogP contribution in [0.3, 0.4) is 0 Å². The number of likely N-dealkylation sites (tertiary alicyclic amines) is 1. The number of rotatable bonds is 5. The largest absolute Gasteiger partial charge is 0.481 e. The van der Waals surface area contributed by atoms with Crippen molar-refractivity contribution in [3.8, 4) is 0 Å². The Hall–Kier alpha value is -1.53. The zero-order valence-corrected chi connectivity index (χ0v) is 12.6. The average Bonchev–Trinajstić information content (AvgIpc) is 2.47. The predicted molar refractivity (Wildman–Crippen MR) is 77.2 cm³/mol. The molecule has 1 aromatic carbocycles. The minimum absolute atomic E-state index is 0.132. The number of carbonyl (C=O) groups is 1. The third-order valence-electron chi connectivity index (χ3n) is 4.41. The highest BCUT2D eigenvalue weighted by Gasteiger charge is 2.48. The van der Waals surface area contributed by atoms with Gasteiger partial charge in [-0.3, -0.25) is 9.69 Å². The van der Waals surface area contributed by atoms with Crippen molar-refractivity contribution in [2.24, 2.45) is 5.41 Å². The lowest BCUT2D eigenvalue weighted by Crippen LogP contribution is -2.55. The molecular weight excluding hydrogens is 292 g/mol. The Morgan fingerprint density at radius 3 is 2.82 bits per heavy atom. The van der Waals surface area contributed by atoms with E-state index in [0.717, 1.165) is 6.07 Å². The van der Waals surface area contributed by atoms with Crippen molar-refractivity contribution >= 4 is 5.97 Å². The quantitative estimate of drug-likeness (QED) is 0.876.